The van der Waals surface area contributed by atoms with Gasteiger partial charge in [-0.15, -0.1) is 0 Å². The number of hydrogen-bond acceptors (Lipinski definition) is 4. The van der Waals surface area contributed by atoms with Crippen LogP contribution in [-0.4, -0.2) is 32.0 Å². The number of nitrogens with one attached hydrogen (secondary N) is 1. The molecule has 1 saturated heterocycles. The fourth-order valence-corrected chi connectivity index (χ4v) is 2.98. The first kappa shape index (κ1) is 12.6. The second-order valence-corrected chi connectivity index (χ2v) is 5.37. The summed E-state index contributed by atoms with van der Waals surface area (Å²) in [5.74, 6) is 1.73. The fourth-order valence-electron chi connectivity index (χ4n) is 2.98. The number of fused-ring (bicyclic) bond motifs is 1. The van der Waals surface area contributed by atoms with Gasteiger partial charge in [0.25, 0.3) is 0 Å². The van der Waals surface area contributed by atoms with Gasteiger partial charge in [0.2, 0.25) is 6.79 Å². The van der Waals surface area contributed by atoms with Gasteiger partial charge in [0.1, 0.15) is 0 Å². The van der Waals surface area contributed by atoms with Crippen LogP contribution in [0.15, 0.2) is 18.2 Å². The van der Waals surface area contributed by atoms with Crippen LogP contribution in [0.1, 0.15) is 26.7 Å². The smallest absolute Gasteiger partial charge is 0.231 e. The molecule has 104 valence electrons. The highest BCUT2D eigenvalue weighted by Crippen LogP contribution is 2.36. The molecule has 0 aliphatic carbocycles. The molecule has 4 nitrogen and oxygen atoms in total. The van der Waals surface area contributed by atoms with Crippen molar-refractivity contribution in [3.63, 3.8) is 0 Å². The lowest BCUT2D eigenvalue weighted by Crippen LogP contribution is -2.60. The topological polar surface area (TPSA) is 33.7 Å². The van der Waals surface area contributed by atoms with Crippen LogP contribution < -0.4 is 19.7 Å². The van der Waals surface area contributed by atoms with Gasteiger partial charge in [-0.3, -0.25) is 0 Å². The number of benzene rings is 1. The van der Waals surface area contributed by atoms with E-state index in [-0.39, 0.29) is 5.54 Å². The largest absolute Gasteiger partial charge is 0.454 e. The predicted octanol–water partition coefficient (Wildman–Crippen LogP) is 2.38. The maximum Gasteiger partial charge on any atom is 0.231 e. The van der Waals surface area contributed by atoms with Crippen molar-refractivity contribution in [2.24, 2.45) is 0 Å². The molecule has 1 aromatic carbocycles. The molecule has 1 fully saturated rings. The Morgan fingerprint density at radius 3 is 2.79 bits per heavy atom. The third-order valence-electron chi connectivity index (χ3n) is 4.45. The van der Waals surface area contributed by atoms with E-state index >= 15 is 0 Å². The van der Waals surface area contributed by atoms with Crippen LogP contribution in [0.4, 0.5) is 5.69 Å². The zero-order valence-corrected chi connectivity index (χ0v) is 11.7. The number of hydrogen-bond donors (Lipinski definition) is 1. The van der Waals surface area contributed by atoms with Gasteiger partial charge in [0, 0.05) is 36.9 Å². The van der Waals surface area contributed by atoms with Gasteiger partial charge < -0.3 is 19.7 Å². The summed E-state index contributed by atoms with van der Waals surface area (Å²) in [5.41, 5.74) is 1.48. The summed E-state index contributed by atoms with van der Waals surface area (Å²) in [5, 5.41) is 3.69. The standard InChI is InChI=1S/C15H22N2O2/c1-3-15(4-2)10-17(8-7-16-15)12-5-6-13-14(9-12)19-11-18-13/h5-6,9,16H,3-4,7-8,10-11H2,1-2H3. The molecule has 2 aliphatic heterocycles. The molecular weight excluding hydrogens is 240 g/mol. The van der Waals surface area contributed by atoms with Gasteiger partial charge in [-0.25, -0.2) is 0 Å². The van der Waals surface area contributed by atoms with E-state index in [0.717, 1.165) is 44.0 Å². The minimum atomic E-state index is 0.245. The van der Waals surface area contributed by atoms with E-state index in [4.69, 9.17) is 9.47 Å². The Kier molecular flexibility index (Phi) is 3.27. The molecule has 0 spiro atoms. The van der Waals surface area contributed by atoms with E-state index < -0.39 is 0 Å². The molecular formula is C15H22N2O2. The lowest BCUT2D eigenvalue weighted by Gasteiger charge is -2.44. The third-order valence-corrected chi connectivity index (χ3v) is 4.45. The van der Waals surface area contributed by atoms with Gasteiger partial charge in [0.05, 0.1) is 0 Å². The first-order valence-electron chi connectivity index (χ1n) is 7.16. The van der Waals surface area contributed by atoms with E-state index in [1.807, 2.05) is 6.07 Å². The van der Waals surface area contributed by atoms with Crippen LogP contribution in [0.3, 0.4) is 0 Å². The molecule has 0 amide bonds. The summed E-state index contributed by atoms with van der Waals surface area (Å²) >= 11 is 0. The van der Waals surface area contributed by atoms with Gasteiger partial charge in [0.15, 0.2) is 11.5 Å². The van der Waals surface area contributed by atoms with Crippen LogP contribution in [0.2, 0.25) is 0 Å². The van der Waals surface area contributed by atoms with Gasteiger partial charge in [-0.05, 0) is 25.0 Å². The van der Waals surface area contributed by atoms with Crippen molar-refractivity contribution in [2.75, 3.05) is 31.3 Å². The summed E-state index contributed by atoms with van der Waals surface area (Å²) in [4.78, 5) is 2.45. The van der Waals surface area contributed by atoms with Crippen LogP contribution >= 0.6 is 0 Å². The molecule has 1 N–H and O–H groups in total. The minimum Gasteiger partial charge on any atom is -0.454 e. The Morgan fingerprint density at radius 2 is 2.00 bits per heavy atom. The van der Waals surface area contributed by atoms with Gasteiger partial charge >= 0.3 is 0 Å². The molecule has 0 saturated carbocycles. The Labute approximate surface area is 114 Å². The van der Waals surface area contributed by atoms with Crippen LogP contribution in [0.5, 0.6) is 11.5 Å². The SMILES string of the molecule is CCC1(CC)CN(c2ccc3c(c2)OCO3)CCN1. The molecule has 2 aliphatic rings. The summed E-state index contributed by atoms with van der Waals surface area (Å²) in [6.45, 7) is 8.00. The molecule has 0 bridgehead atoms. The summed E-state index contributed by atoms with van der Waals surface area (Å²) in [7, 11) is 0. The molecule has 0 radical (unpaired) electrons. The fraction of sp³-hybridized carbons (Fsp3) is 0.600. The molecule has 2 heterocycles. The minimum absolute atomic E-state index is 0.245. The van der Waals surface area contributed by atoms with Gasteiger partial charge in [-0.2, -0.15) is 0 Å². The maximum absolute atomic E-state index is 5.47. The molecule has 19 heavy (non-hydrogen) atoms. The van der Waals surface area contributed by atoms with Crippen molar-refractivity contribution < 1.29 is 9.47 Å². The normalized spacial score (nSPS) is 20.6. The van der Waals surface area contributed by atoms with Crippen LogP contribution in [0, 0.1) is 0 Å². The quantitative estimate of drug-likeness (QED) is 0.907. The number of rotatable bonds is 3. The summed E-state index contributed by atoms with van der Waals surface area (Å²) < 4.78 is 10.8. The van der Waals surface area contributed by atoms with Crippen molar-refractivity contribution in [3.8, 4) is 11.5 Å². The number of piperazine rings is 1. The number of nitrogens with zero attached hydrogens (tertiary/aromatic N) is 1. The Morgan fingerprint density at radius 1 is 1.21 bits per heavy atom. The average Bonchev–Trinajstić information content (AvgIpc) is 2.94. The molecule has 3 rings (SSSR count). The molecule has 1 aromatic rings. The highest BCUT2D eigenvalue weighted by molar-refractivity contribution is 5.57. The molecule has 4 heteroatoms. The maximum atomic E-state index is 5.47. The van der Waals surface area contributed by atoms with Gasteiger partial charge in [-0.1, -0.05) is 13.8 Å². The van der Waals surface area contributed by atoms with E-state index in [2.05, 4.69) is 36.2 Å². The lowest BCUT2D eigenvalue weighted by atomic mass is 9.90. The van der Waals surface area contributed by atoms with Crippen molar-refractivity contribution in [2.45, 2.75) is 32.2 Å². The zero-order valence-electron chi connectivity index (χ0n) is 11.7. The highest BCUT2D eigenvalue weighted by atomic mass is 16.7. The second-order valence-electron chi connectivity index (χ2n) is 5.37. The third kappa shape index (κ3) is 2.25. The van der Waals surface area contributed by atoms with Crippen molar-refractivity contribution >= 4 is 5.69 Å². The van der Waals surface area contributed by atoms with Crippen molar-refractivity contribution in [1.29, 1.82) is 0 Å². The first-order chi connectivity index (χ1) is 9.26. The first-order valence-corrected chi connectivity index (χ1v) is 7.16. The van der Waals surface area contributed by atoms with E-state index in [1.165, 1.54) is 5.69 Å². The van der Waals surface area contributed by atoms with Crippen LogP contribution in [-0.2, 0) is 0 Å². The van der Waals surface area contributed by atoms with Crippen molar-refractivity contribution in [1.82, 2.24) is 5.32 Å². The predicted molar refractivity (Wildman–Crippen MR) is 76.1 cm³/mol. The monoisotopic (exact) mass is 262 g/mol. The Hall–Kier alpha value is -1.42. The Balaban J connectivity index is 1.82. The molecule has 0 aromatic heterocycles. The second kappa shape index (κ2) is 4.93. The lowest BCUT2D eigenvalue weighted by molar-refractivity contribution is 0.174. The van der Waals surface area contributed by atoms with E-state index in [0.29, 0.717) is 6.79 Å². The van der Waals surface area contributed by atoms with E-state index in [1.54, 1.807) is 0 Å². The molecule has 0 unspecified atom stereocenters. The summed E-state index contributed by atoms with van der Waals surface area (Å²) in [6.07, 6.45) is 2.31. The number of ether oxygens (including phenoxy) is 2. The number of anilines is 1. The zero-order chi connectivity index (χ0) is 13.3. The molecule has 0 atom stereocenters. The average molecular weight is 262 g/mol. The van der Waals surface area contributed by atoms with Crippen molar-refractivity contribution in [3.05, 3.63) is 18.2 Å². The summed E-state index contributed by atoms with van der Waals surface area (Å²) in [6, 6.07) is 6.25. The van der Waals surface area contributed by atoms with Crippen LogP contribution in [0.25, 0.3) is 0 Å². The van der Waals surface area contributed by atoms with E-state index in [9.17, 15) is 0 Å². The Bertz CT molecular complexity index is 457. The highest BCUT2D eigenvalue weighted by Gasteiger charge is 2.32.